The molecule has 5 rings (SSSR count). The van der Waals surface area contributed by atoms with Crippen molar-refractivity contribution in [3.63, 3.8) is 0 Å². The molecule has 3 aromatic heterocycles. The van der Waals surface area contributed by atoms with Gasteiger partial charge in [-0.25, -0.2) is 9.37 Å². The lowest BCUT2D eigenvalue weighted by Crippen LogP contribution is -2.29. The number of pyridine rings is 2. The summed E-state index contributed by atoms with van der Waals surface area (Å²) < 4.78 is 16.3. The molecular formula is C27H26FN5S. The van der Waals surface area contributed by atoms with E-state index in [2.05, 4.69) is 50.7 Å². The second-order valence-corrected chi connectivity index (χ2v) is 9.17. The Balaban J connectivity index is 1.68. The van der Waals surface area contributed by atoms with Crippen LogP contribution in [0, 0.1) is 33.5 Å². The Morgan fingerprint density at radius 3 is 2.47 bits per heavy atom. The number of aryl methyl sites for hydroxylation is 3. The number of thiocarbonyl (C=S) groups is 1. The SMILES string of the molecule is Cc1ccc(-n2c(C)cc([C@H]3[C@@H](c4ccccn4)NC(=S)N3c3ccc(F)c(C)c3)c2C)nc1. The molecule has 1 saturated heterocycles. The van der Waals surface area contributed by atoms with Crippen LogP contribution in [0.15, 0.2) is 67.0 Å². The average molecular weight is 472 g/mol. The van der Waals surface area contributed by atoms with Gasteiger partial charge in [-0.1, -0.05) is 12.1 Å². The molecule has 1 N–H and O–H groups in total. The summed E-state index contributed by atoms with van der Waals surface area (Å²) in [4.78, 5) is 11.4. The van der Waals surface area contributed by atoms with E-state index in [0.29, 0.717) is 10.7 Å². The van der Waals surface area contributed by atoms with Crippen molar-refractivity contribution in [2.24, 2.45) is 0 Å². The van der Waals surface area contributed by atoms with E-state index in [0.717, 1.165) is 39.7 Å². The first-order valence-electron chi connectivity index (χ1n) is 11.2. The van der Waals surface area contributed by atoms with Gasteiger partial charge in [0, 0.05) is 29.5 Å². The highest BCUT2D eigenvalue weighted by Crippen LogP contribution is 2.43. The highest BCUT2D eigenvalue weighted by molar-refractivity contribution is 7.80. The average Bonchev–Trinajstić information content (AvgIpc) is 3.32. The molecule has 0 unspecified atom stereocenters. The van der Waals surface area contributed by atoms with Crippen LogP contribution < -0.4 is 10.2 Å². The Morgan fingerprint density at radius 1 is 0.971 bits per heavy atom. The van der Waals surface area contributed by atoms with Crippen LogP contribution in [0.1, 0.15) is 45.9 Å². The third-order valence-electron chi connectivity index (χ3n) is 6.43. The fourth-order valence-electron chi connectivity index (χ4n) is 4.76. The zero-order chi connectivity index (χ0) is 24.0. The number of nitrogens with one attached hydrogen (secondary N) is 1. The van der Waals surface area contributed by atoms with Crippen molar-refractivity contribution in [3.8, 4) is 5.82 Å². The number of benzene rings is 1. The van der Waals surface area contributed by atoms with Gasteiger partial charge in [0.25, 0.3) is 0 Å². The number of halogens is 1. The highest BCUT2D eigenvalue weighted by Gasteiger charge is 2.42. The fraction of sp³-hybridized carbons (Fsp3) is 0.222. The maximum Gasteiger partial charge on any atom is 0.174 e. The van der Waals surface area contributed by atoms with E-state index in [9.17, 15) is 4.39 Å². The molecule has 4 heterocycles. The van der Waals surface area contributed by atoms with Gasteiger partial charge in [-0.3, -0.25) is 4.98 Å². The van der Waals surface area contributed by atoms with Crippen LogP contribution in [0.3, 0.4) is 0 Å². The summed E-state index contributed by atoms with van der Waals surface area (Å²) in [6.45, 7) is 7.99. The lowest BCUT2D eigenvalue weighted by Gasteiger charge is -2.28. The van der Waals surface area contributed by atoms with Crippen molar-refractivity contribution in [3.05, 3.63) is 107 Å². The van der Waals surface area contributed by atoms with E-state index < -0.39 is 0 Å². The lowest BCUT2D eigenvalue weighted by molar-refractivity contribution is 0.564. The Kier molecular flexibility index (Phi) is 5.65. The predicted molar refractivity (Wildman–Crippen MR) is 137 cm³/mol. The van der Waals surface area contributed by atoms with Crippen LogP contribution in [0.4, 0.5) is 10.1 Å². The number of nitrogens with zero attached hydrogens (tertiary/aromatic N) is 4. The van der Waals surface area contributed by atoms with Crippen molar-refractivity contribution in [2.45, 2.75) is 39.8 Å². The normalized spacial score (nSPS) is 17.8. The zero-order valence-corrected chi connectivity index (χ0v) is 20.4. The van der Waals surface area contributed by atoms with Gasteiger partial charge in [0.15, 0.2) is 5.11 Å². The Hall–Kier alpha value is -3.58. The summed E-state index contributed by atoms with van der Waals surface area (Å²) in [5, 5.41) is 4.07. The minimum atomic E-state index is -0.233. The molecule has 1 aliphatic heterocycles. The second kappa shape index (κ2) is 8.65. The van der Waals surface area contributed by atoms with Crippen molar-refractivity contribution >= 4 is 23.0 Å². The van der Waals surface area contributed by atoms with Gasteiger partial charge < -0.3 is 14.8 Å². The van der Waals surface area contributed by atoms with Crippen LogP contribution >= 0.6 is 12.2 Å². The van der Waals surface area contributed by atoms with Crippen molar-refractivity contribution in [1.29, 1.82) is 0 Å². The number of hydrogen-bond donors (Lipinski definition) is 1. The highest BCUT2D eigenvalue weighted by atomic mass is 32.1. The first-order valence-corrected chi connectivity index (χ1v) is 11.6. The summed E-state index contributed by atoms with van der Waals surface area (Å²) in [6, 6.07) is 17.0. The van der Waals surface area contributed by atoms with E-state index in [1.54, 1.807) is 19.2 Å². The fourth-order valence-corrected chi connectivity index (χ4v) is 5.11. The number of aromatic nitrogens is 3. The van der Waals surface area contributed by atoms with E-state index in [1.807, 2.05) is 43.5 Å². The quantitative estimate of drug-likeness (QED) is 0.380. The summed E-state index contributed by atoms with van der Waals surface area (Å²) in [7, 11) is 0. The molecule has 2 atom stereocenters. The van der Waals surface area contributed by atoms with Gasteiger partial charge in [0.1, 0.15) is 11.6 Å². The molecule has 172 valence electrons. The lowest BCUT2D eigenvalue weighted by atomic mass is 9.96. The molecule has 0 aliphatic carbocycles. The molecule has 7 heteroatoms. The molecule has 0 saturated carbocycles. The van der Waals surface area contributed by atoms with E-state index >= 15 is 0 Å². The molecule has 0 radical (unpaired) electrons. The van der Waals surface area contributed by atoms with Gasteiger partial charge in [0.2, 0.25) is 0 Å². The van der Waals surface area contributed by atoms with E-state index in [-0.39, 0.29) is 17.9 Å². The van der Waals surface area contributed by atoms with Gasteiger partial charge in [-0.15, -0.1) is 0 Å². The molecule has 4 aromatic rings. The molecule has 0 bridgehead atoms. The molecule has 1 aliphatic rings. The Bertz CT molecular complexity index is 1360. The first-order chi connectivity index (χ1) is 16.3. The van der Waals surface area contributed by atoms with Gasteiger partial charge in [-0.2, -0.15) is 0 Å². The van der Waals surface area contributed by atoms with Crippen LogP contribution in [-0.2, 0) is 0 Å². The summed E-state index contributed by atoms with van der Waals surface area (Å²) in [6.07, 6.45) is 3.67. The van der Waals surface area contributed by atoms with Crippen molar-refractivity contribution in [1.82, 2.24) is 19.9 Å². The molecule has 34 heavy (non-hydrogen) atoms. The molecule has 0 spiro atoms. The van der Waals surface area contributed by atoms with Gasteiger partial charge in [0.05, 0.1) is 17.8 Å². The molecule has 0 amide bonds. The third-order valence-corrected chi connectivity index (χ3v) is 6.75. The zero-order valence-electron chi connectivity index (χ0n) is 19.6. The Labute approximate surface area is 204 Å². The topological polar surface area (TPSA) is 46.0 Å². The standard InChI is InChI=1S/C27H26FN5S/c1-16-8-11-24(30-15-16)32-18(3)14-21(19(32)4)26-25(23-7-5-6-12-29-23)31-27(34)33(26)20-9-10-22(28)17(2)13-20/h5-15,25-26H,1-4H3,(H,31,34)/t25-,26+/m1/s1. The number of hydrogen-bond acceptors (Lipinski definition) is 3. The minimum Gasteiger partial charge on any atom is -0.351 e. The van der Waals surface area contributed by atoms with Gasteiger partial charge >= 0.3 is 0 Å². The van der Waals surface area contributed by atoms with E-state index in [1.165, 1.54) is 6.07 Å². The predicted octanol–water partition coefficient (Wildman–Crippen LogP) is 5.82. The largest absolute Gasteiger partial charge is 0.351 e. The Morgan fingerprint density at radius 2 is 1.79 bits per heavy atom. The van der Waals surface area contributed by atoms with Crippen LogP contribution in [0.5, 0.6) is 0 Å². The molecular weight excluding hydrogens is 445 g/mol. The second-order valence-electron chi connectivity index (χ2n) is 8.79. The molecule has 1 aromatic carbocycles. The third kappa shape index (κ3) is 3.76. The summed E-state index contributed by atoms with van der Waals surface area (Å²) in [5.41, 5.74) is 6.71. The monoisotopic (exact) mass is 471 g/mol. The van der Waals surface area contributed by atoms with Gasteiger partial charge in [-0.05, 0) is 99.1 Å². The minimum absolute atomic E-state index is 0.168. The van der Waals surface area contributed by atoms with Crippen molar-refractivity contribution < 1.29 is 4.39 Å². The van der Waals surface area contributed by atoms with E-state index in [4.69, 9.17) is 12.2 Å². The van der Waals surface area contributed by atoms with Crippen molar-refractivity contribution in [2.75, 3.05) is 4.90 Å². The summed E-state index contributed by atoms with van der Waals surface area (Å²) in [5.74, 6) is 0.641. The summed E-state index contributed by atoms with van der Waals surface area (Å²) >= 11 is 5.82. The number of rotatable bonds is 4. The van der Waals surface area contributed by atoms with Crippen LogP contribution in [0.25, 0.3) is 5.82 Å². The maximum atomic E-state index is 14.1. The molecule has 1 fully saturated rings. The maximum absolute atomic E-state index is 14.1. The number of anilines is 1. The van der Waals surface area contributed by atoms with Crippen LogP contribution in [0.2, 0.25) is 0 Å². The molecule has 5 nitrogen and oxygen atoms in total. The smallest absolute Gasteiger partial charge is 0.174 e. The first kappa shape index (κ1) is 22.2. The van der Waals surface area contributed by atoms with Crippen LogP contribution in [-0.4, -0.2) is 19.6 Å².